The van der Waals surface area contributed by atoms with E-state index in [-0.39, 0.29) is 6.10 Å². The van der Waals surface area contributed by atoms with Gasteiger partial charge in [0.15, 0.2) is 0 Å². The molecule has 3 aliphatic carbocycles. The summed E-state index contributed by atoms with van der Waals surface area (Å²) < 4.78 is 0. The largest absolute Gasteiger partial charge is 0.393 e. The van der Waals surface area contributed by atoms with Crippen LogP contribution in [0.5, 0.6) is 0 Å². The van der Waals surface area contributed by atoms with Crippen LogP contribution in [-0.2, 0) is 0 Å². The van der Waals surface area contributed by atoms with Crippen LogP contribution in [0.1, 0.15) is 123 Å². The second-order valence-electron chi connectivity index (χ2n) is 13.0. The third-order valence-electron chi connectivity index (χ3n) is 10.2. The number of hydrogen-bond acceptors (Lipinski definition) is 3. The average molecular weight is 482 g/mol. The number of aliphatic hydroxyl groups is 2. The van der Waals surface area contributed by atoms with Crippen molar-refractivity contribution in [1.82, 2.24) is 5.32 Å². The molecule has 0 aromatic rings. The van der Waals surface area contributed by atoms with Crippen LogP contribution < -0.4 is 5.32 Å². The lowest BCUT2D eigenvalue weighted by atomic mass is 9.68. The standard InChI is InChI=1S/C29H52ClNO2/c1-29(2,33)26-9-4-3-7-21(26)13-17-28(32)23-8-5-6-20(18-23)10-15-25-16-12-22-11-14-24(30)19-27(22)31-25/h20-28,31-33H,3-19H2,1-2H3. The van der Waals surface area contributed by atoms with Crippen LogP contribution in [0.4, 0.5) is 0 Å². The Morgan fingerprint density at radius 3 is 2.48 bits per heavy atom. The summed E-state index contributed by atoms with van der Waals surface area (Å²) in [6.07, 6.45) is 20.9. The van der Waals surface area contributed by atoms with Crippen molar-refractivity contribution in [2.75, 3.05) is 0 Å². The fraction of sp³-hybridized carbons (Fsp3) is 1.00. The molecule has 0 radical (unpaired) electrons. The first-order chi connectivity index (χ1) is 15.8. The van der Waals surface area contributed by atoms with Gasteiger partial charge in [-0.05, 0) is 120 Å². The van der Waals surface area contributed by atoms with Gasteiger partial charge in [0.25, 0.3) is 0 Å². The highest BCUT2D eigenvalue weighted by molar-refractivity contribution is 6.20. The molecule has 0 aromatic carbocycles. The number of halogens is 1. The molecule has 4 heteroatoms. The van der Waals surface area contributed by atoms with E-state index in [1.165, 1.54) is 83.5 Å². The van der Waals surface area contributed by atoms with Gasteiger partial charge in [-0.3, -0.25) is 0 Å². The Bertz CT molecular complexity index is 593. The van der Waals surface area contributed by atoms with Crippen molar-refractivity contribution in [3.05, 3.63) is 0 Å². The van der Waals surface area contributed by atoms with E-state index in [9.17, 15) is 10.2 Å². The molecule has 4 fully saturated rings. The molecule has 4 aliphatic rings. The minimum atomic E-state index is -0.582. The van der Waals surface area contributed by atoms with E-state index in [1.807, 2.05) is 13.8 Å². The molecule has 0 spiro atoms. The summed E-state index contributed by atoms with van der Waals surface area (Å²) in [6, 6.07) is 1.34. The van der Waals surface area contributed by atoms with Crippen LogP contribution in [0.3, 0.4) is 0 Å². The number of rotatable bonds is 8. The zero-order chi connectivity index (χ0) is 23.4. The van der Waals surface area contributed by atoms with E-state index in [1.54, 1.807) is 0 Å². The predicted octanol–water partition coefficient (Wildman–Crippen LogP) is 6.82. The zero-order valence-electron chi connectivity index (χ0n) is 21.5. The van der Waals surface area contributed by atoms with E-state index >= 15 is 0 Å². The van der Waals surface area contributed by atoms with Crippen LogP contribution in [0.15, 0.2) is 0 Å². The highest BCUT2D eigenvalue weighted by atomic mass is 35.5. The highest BCUT2D eigenvalue weighted by Crippen LogP contribution is 2.42. The quantitative estimate of drug-likeness (QED) is 0.333. The van der Waals surface area contributed by atoms with Gasteiger partial charge in [-0.25, -0.2) is 0 Å². The molecule has 192 valence electrons. The summed E-state index contributed by atoms with van der Waals surface area (Å²) in [5, 5.41) is 26.1. The predicted molar refractivity (Wildman–Crippen MR) is 139 cm³/mol. The first-order valence-electron chi connectivity index (χ1n) is 14.6. The first-order valence-corrected chi connectivity index (χ1v) is 15.0. The van der Waals surface area contributed by atoms with Crippen LogP contribution >= 0.6 is 11.6 Å². The Hall–Kier alpha value is 0.170. The molecule has 3 N–H and O–H groups in total. The molecular weight excluding hydrogens is 430 g/mol. The lowest BCUT2D eigenvalue weighted by molar-refractivity contribution is -0.0348. The Labute approximate surface area is 208 Å². The molecule has 0 aromatic heterocycles. The monoisotopic (exact) mass is 481 g/mol. The second-order valence-corrected chi connectivity index (χ2v) is 13.7. The van der Waals surface area contributed by atoms with E-state index in [0.29, 0.717) is 35.2 Å². The maximum atomic E-state index is 11.1. The number of alkyl halides is 1. The second kappa shape index (κ2) is 11.9. The lowest BCUT2D eigenvalue weighted by Gasteiger charge is -2.42. The Morgan fingerprint density at radius 2 is 1.67 bits per heavy atom. The van der Waals surface area contributed by atoms with Crippen molar-refractivity contribution in [3.63, 3.8) is 0 Å². The van der Waals surface area contributed by atoms with Crippen molar-refractivity contribution in [2.24, 2.45) is 29.6 Å². The topological polar surface area (TPSA) is 52.5 Å². The summed E-state index contributed by atoms with van der Waals surface area (Å²) >= 11 is 6.46. The fourth-order valence-electron chi connectivity index (χ4n) is 8.25. The zero-order valence-corrected chi connectivity index (χ0v) is 22.2. The van der Waals surface area contributed by atoms with E-state index in [4.69, 9.17) is 11.6 Å². The van der Waals surface area contributed by atoms with Gasteiger partial charge in [0.05, 0.1) is 11.7 Å². The molecule has 9 unspecified atom stereocenters. The smallest absolute Gasteiger partial charge is 0.0622 e. The maximum absolute atomic E-state index is 11.1. The van der Waals surface area contributed by atoms with Gasteiger partial charge in [-0.1, -0.05) is 32.1 Å². The molecular formula is C29H52ClNO2. The van der Waals surface area contributed by atoms with Crippen LogP contribution in [0.2, 0.25) is 0 Å². The molecule has 9 atom stereocenters. The number of fused-ring (bicyclic) bond motifs is 1. The van der Waals surface area contributed by atoms with Gasteiger partial charge in [0.1, 0.15) is 0 Å². The fourth-order valence-corrected chi connectivity index (χ4v) is 8.56. The third kappa shape index (κ3) is 7.34. The molecule has 33 heavy (non-hydrogen) atoms. The molecule has 4 rings (SSSR count). The third-order valence-corrected chi connectivity index (χ3v) is 10.6. The van der Waals surface area contributed by atoms with Crippen molar-refractivity contribution >= 4 is 11.6 Å². The number of piperidine rings is 1. The lowest BCUT2D eigenvalue weighted by Crippen LogP contribution is -2.50. The SMILES string of the molecule is CC(C)(O)C1CCCCC1CCC(O)C1CCCC(CCC2CCC3CCC(Cl)CC3N2)C1. The number of aliphatic hydroxyl groups excluding tert-OH is 1. The van der Waals surface area contributed by atoms with Crippen LogP contribution in [0, 0.1) is 29.6 Å². The van der Waals surface area contributed by atoms with E-state index in [2.05, 4.69) is 5.32 Å². The maximum Gasteiger partial charge on any atom is 0.0622 e. The molecule has 3 saturated carbocycles. The van der Waals surface area contributed by atoms with E-state index in [0.717, 1.165) is 37.5 Å². The van der Waals surface area contributed by atoms with Gasteiger partial charge < -0.3 is 15.5 Å². The number of hydrogen-bond donors (Lipinski definition) is 3. The minimum absolute atomic E-state index is 0.145. The van der Waals surface area contributed by atoms with Crippen molar-refractivity contribution in [2.45, 2.75) is 152 Å². The van der Waals surface area contributed by atoms with Gasteiger partial charge in [0.2, 0.25) is 0 Å². The molecule has 1 heterocycles. The Balaban J connectivity index is 1.19. The Kier molecular flexibility index (Phi) is 9.49. The van der Waals surface area contributed by atoms with Crippen LogP contribution in [0.25, 0.3) is 0 Å². The van der Waals surface area contributed by atoms with Crippen LogP contribution in [-0.4, -0.2) is 39.4 Å². The van der Waals surface area contributed by atoms with E-state index < -0.39 is 5.60 Å². The first kappa shape index (κ1) is 26.2. The normalized spacial score (nSPS) is 41.4. The average Bonchev–Trinajstić information content (AvgIpc) is 2.80. The molecule has 0 bridgehead atoms. The highest BCUT2D eigenvalue weighted by Gasteiger charge is 2.37. The molecule has 0 amide bonds. The van der Waals surface area contributed by atoms with Gasteiger partial charge >= 0.3 is 0 Å². The molecule has 3 nitrogen and oxygen atoms in total. The Morgan fingerprint density at radius 1 is 0.879 bits per heavy atom. The summed E-state index contributed by atoms with van der Waals surface area (Å²) in [4.78, 5) is 0. The van der Waals surface area contributed by atoms with Gasteiger partial charge in [0, 0.05) is 17.5 Å². The summed E-state index contributed by atoms with van der Waals surface area (Å²) in [7, 11) is 0. The molecule has 1 saturated heterocycles. The summed E-state index contributed by atoms with van der Waals surface area (Å²) in [5.41, 5.74) is -0.582. The number of nitrogens with one attached hydrogen (secondary N) is 1. The van der Waals surface area contributed by atoms with Gasteiger partial charge in [-0.2, -0.15) is 0 Å². The van der Waals surface area contributed by atoms with Crippen molar-refractivity contribution in [1.29, 1.82) is 0 Å². The minimum Gasteiger partial charge on any atom is -0.393 e. The summed E-state index contributed by atoms with van der Waals surface area (Å²) in [6.45, 7) is 3.98. The molecule has 1 aliphatic heterocycles. The van der Waals surface area contributed by atoms with Crippen molar-refractivity contribution < 1.29 is 10.2 Å². The van der Waals surface area contributed by atoms with Crippen molar-refractivity contribution in [3.8, 4) is 0 Å². The summed E-state index contributed by atoms with van der Waals surface area (Å²) in [5.74, 6) is 3.14. The van der Waals surface area contributed by atoms with Gasteiger partial charge in [-0.15, -0.1) is 11.6 Å².